The molecule has 1 spiro atoms. The molecule has 1 amide bonds. The number of aliphatic imine (C=N–C) groups is 1. The Bertz CT molecular complexity index is 916. The van der Waals surface area contributed by atoms with Gasteiger partial charge in [-0.3, -0.25) is 14.7 Å². The van der Waals surface area contributed by atoms with Gasteiger partial charge in [0.2, 0.25) is 0 Å². The van der Waals surface area contributed by atoms with Crippen LogP contribution in [0.5, 0.6) is 0 Å². The second-order valence-electron chi connectivity index (χ2n) is 6.96. The number of hydrogen-bond donors (Lipinski definition) is 0. The summed E-state index contributed by atoms with van der Waals surface area (Å²) in [4.78, 5) is 20.8. The van der Waals surface area contributed by atoms with Crippen LogP contribution in [0.1, 0.15) is 48.0 Å². The predicted molar refractivity (Wildman–Crippen MR) is 119 cm³/mol. The zero-order valence-corrected chi connectivity index (χ0v) is 18.6. The summed E-state index contributed by atoms with van der Waals surface area (Å²) in [5.41, 5.74) is 1.81. The Kier molecular flexibility index (Phi) is 5.32. The van der Waals surface area contributed by atoms with Gasteiger partial charge in [0.05, 0.1) is 0 Å². The van der Waals surface area contributed by atoms with E-state index in [4.69, 9.17) is 17.2 Å². The van der Waals surface area contributed by atoms with Gasteiger partial charge in [0, 0.05) is 20.1 Å². The van der Waals surface area contributed by atoms with Crippen LogP contribution in [0.25, 0.3) is 0 Å². The summed E-state index contributed by atoms with van der Waals surface area (Å²) in [5, 5.41) is 0. The molecule has 2 aromatic rings. The highest BCUT2D eigenvalue weighted by molar-refractivity contribution is 9.10. The van der Waals surface area contributed by atoms with Gasteiger partial charge in [0.15, 0.2) is 0 Å². The molecule has 1 saturated carbocycles. The van der Waals surface area contributed by atoms with Crippen LogP contribution in [0.15, 0.2) is 62.5 Å². The number of rotatable bonds is 2. The van der Waals surface area contributed by atoms with Crippen LogP contribution in [0.4, 0.5) is 0 Å². The highest BCUT2D eigenvalue weighted by Gasteiger charge is 2.48. The van der Waals surface area contributed by atoms with Crippen molar-refractivity contribution in [1.29, 1.82) is 0 Å². The van der Waals surface area contributed by atoms with E-state index in [0.29, 0.717) is 10.6 Å². The molecule has 27 heavy (non-hydrogen) atoms. The maximum absolute atomic E-state index is 13.4. The lowest BCUT2D eigenvalue weighted by Crippen LogP contribution is -2.50. The minimum absolute atomic E-state index is 0.0646. The number of halogens is 2. The molecule has 3 nitrogen and oxygen atoms in total. The van der Waals surface area contributed by atoms with Crippen molar-refractivity contribution in [3.05, 3.63) is 68.6 Å². The van der Waals surface area contributed by atoms with Gasteiger partial charge in [0.1, 0.15) is 16.4 Å². The smallest absolute Gasteiger partial charge is 0.260 e. The SMILES string of the molecule is O=C(c1ccc(Br)cc1)N1C(=S)C(c2ccc(Br)cc2)=NC12CCCCC2. The van der Waals surface area contributed by atoms with E-state index in [9.17, 15) is 4.79 Å². The predicted octanol–water partition coefficient (Wildman–Crippen LogP) is 6.14. The summed E-state index contributed by atoms with van der Waals surface area (Å²) in [7, 11) is 0. The number of benzene rings is 2. The third kappa shape index (κ3) is 3.55. The fourth-order valence-electron chi connectivity index (χ4n) is 3.85. The zero-order chi connectivity index (χ0) is 19.0. The second-order valence-corrected chi connectivity index (χ2v) is 9.18. The molecule has 0 unspecified atom stereocenters. The maximum Gasteiger partial charge on any atom is 0.260 e. The van der Waals surface area contributed by atoms with E-state index >= 15 is 0 Å². The van der Waals surface area contributed by atoms with Crippen molar-refractivity contribution in [1.82, 2.24) is 4.90 Å². The first-order valence-corrected chi connectivity index (χ1v) is 11.0. The summed E-state index contributed by atoms with van der Waals surface area (Å²) < 4.78 is 1.95. The van der Waals surface area contributed by atoms with Gasteiger partial charge in [-0.15, -0.1) is 0 Å². The van der Waals surface area contributed by atoms with E-state index in [2.05, 4.69) is 31.9 Å². The fourth-order valence-corrected chi connectivity index (χ4v) is 4.80. The average Bonchev–Trinajstić information content (AvgIpc) is 2.95. The van der Waals surface area contributed by atoms with Gasteiger partial charge in [-0.25, -0.2) is 0 Å². The largest absolute Gasteiger partial charge is 0.271 e. The minimum atomic E-state index is -0.540. The molecule has 0 aromatic heterocycles. The maximum atomic E-state index is 13.4. The third-order valence-electron chi connectivity index (χ3n) is 5.21. The number of carbonyl (C=O) groups excluding carboxylic acids is 1. The van der Waals surface area contributed by atoms with E-state index in [1.165, 1.54) is 6.42 Å². The number of nitrogens with zero attached hydrogens (tertiary/aromatic N) is 2. The van der Waals surface area contributed by atoms with Gasteiger partial charge >= 0.3 is 0 Å². The van der Waals surface area contributed by atoms with Crippen LogP contribution >= 0.6 is 44.1 Å². The van der Waals surface area contributed by atoms with E-state index in [0.717, 1.165) is 45.9 Å². The summed E-state index contributed by atoms with van der Waals surface area (Å²) in [5.74, 6) is -0.0646. The van der Waals surface area contributed by atoms with Gasteiger partial charge in [0.25, 0.3) is 5.91 Å². The molecule has 2 aromatic carbocycles. The van der Waals surface area contributed by atoms with Gasteiger partial charge < -0.3 is 0 Å². The van der Waals surface area contributed by atoms with Gasteiger partial charge in [-0.1, -0.05) is 62.6 Å². The molecular weight excluding hydrogens is 488 g/mol. The number of hydrogen-bond acceptors (Lipinski definition) is 3. The molecule has 0 radical (unpaired) electrons. The molecule has 1 aliphatic heterocycles. The molecule has 1 heterocycles. The normalized spacial score (nSPS) is 18.7. The van der Waals surface area contributed by atoms with Crippen molar-refractivity contribution < 1.29 is 4.79 Å². The van der Waals surface area contributed by atoms with Crippen molar-refractivity contribution in [2.45, 2.75) is 37.8 Å². The molecule has 1 aliphatic carbocycles. The van der Waals surface area contributed by atoms with E-state index in [1.54, 1.807) is 4.90 Å². The molecule has 1 fully saturated rings. The fraction of sp³-hybridized carbons (Fsp3) is 0.286. The Labute approximate surface area is 181 Å². The van der Waals surface area contributed by atoms with Crippen molar-refractivity contribution >= 4 is 60.7 Å². The molecule has 0 atom stereocenters. The lowest BCUT2D eigenvalue weighted by atomic mass is 9.88. The Morgan fingerprint density at radius 3 is 2.07 bits per heavy atom. The Hall–Kier alpha value is -1.37. The first-order valence-electron chi connectivity index (χ1n) is 9.00. The molecule has 138 valence electrons. The number of amides is 1. The van der Waals surface area contributed by atoms with Crippen LogP contribution in [-0.4, -0.2) is 27.2 Å². The quantitative estimate of drug-likeness (QED) is 0.459. The average molecular weight is 506 g/mol. The lowest BCUT2D eigenvalue weighted by Gasteiger charge is -2.38. The molecule has 4 rings (SSSR count). The third-order valence-corrected chi connectivity index (χ3v) is 6.64. The van der Waals surface area contributed by atoms with Crippen molar-refractivity contribution in [3.63, 3.8) is 0 Å². The van der Waals surface area contributed by atoms with Crippen molar-refractivity contribution in [2.24, 2.45) is 4.99 Å². The van der Waals surface area contributed by atoms with Crippen molar-refractivity contribution in [2.75, 3.05) is 0 Å². The monoisotopic (exact) mass is 504 g/mol. The summed E-state index contributed by atoms with van der Waals surface area (Å²) in [6, 6.07) is 15.4. The second kappa shape index (κ2) is 7.57. The van der Waals surface area contributed by atoms with E-state index < -0.39 is 5.66 Å². The first-order chi connectivity index (χ1) is 13.0. The van der Waals surface area contributed by atoms with E-state index in [-0.39, 0.29) is 5.91 Å². The molecule has 0 bridgehead atoms. The molecular formula is C21H18Br2N2OS. The first kappa shape index (κ1) is 19.0. The Balaban J connectivity index is 1.76. The van der Waals surface area contributed by atoms with Gasteiger partial charge in [-0.05, 0) is 62.1 Å². The van der Waals surface area contributed by atoms with Crippen LogP contribution in [-0.2, 0) is 0 Å². The van der Waals surface area contributed by atoms with Crippen LogP contribution in [0, 0.1) is 0 Å². The van der Waals surface area contributed by atoms with Crippen LogP contribution in [0.3, 0.4) is 0 Å². The number of carbonyl (C=O) groups is 1. The Morgan fingerprint density at radius 2 is 1.48 bits per heavy atom. The zero-order valence-electron chi connectivity index (χ0n) is 14.6. The lowest BCUT2D eigenvalue weighted by molar-refractivity contribution is 0.0648. The number of thiocarbonyl (C=S) groups is 1. The highest BCUT2D eigenvalue weighted by atomic mass is 79.9. The molecule has 6 heteroatoms. The molecule has 0 N–H and O–H groups in total. The van der Waals surface area contributed by atoms with E-state index in [1.807, 2.05) is 48.5 Å². The van der Waals surface area contributed by atoms with Gasteiger partial charge in [-0.2, -0.15) is 0 Å². The summed E-state index contributed by atoms with van der Waals surface area (Å²) in [6.45, 7) is 0. The van der Waals surface area contributed by atoms with Crippen LogP contribution in [0.2, 0.25) is 0 Å². The van der Waals surface area contributed by atoms with Crippen molar-refractivity contribution in [3.8, 4) is 0 Å². The topological polar surface area (TPSA) is 32.7 Å². The summed E-state index contributed by atoms with van der Waals surface area (Å²) in [6.07, 6.45) is 5.01. The Morgan fingerprint density at radius 1 is 0.926 bits per heavy atom. The molecule has 0 saturated heterocycles. The minimum Gasteiger partial charge on any atom is -0.271 e. The summed E-state index contributed by atoms with van der Waals surface area (Å²) >= 11 is 12.7. The molecule has 2 aliphatic rings. The van der Waals surface area contributed by atoms with Crippen LogP contribution < -0.4 is 0 Å². The standard InChI is InChI=1S/C21H18Br2N2OS/c22-16-8-4-14(5-9-16)18-20(27)25(21(24-18)12-2-1-3-13-21)19(26)15-6-10-17(23)11-7-15/h4-11H,1-3,12-13H2. The highest BCUT2D eigenvalue weighted by Crippen LogP contribution is 2.41.